The lowest BCUT2D eigenvalue weighted by molar-refractivity contribution is -0.0712. The number of ether oxygens (including phenoxy) is 1. The van der Waals surface area contributed by atoms with Crippen LogP contribution in [0.15, 0.2) is 28.7 Å². The van der Waals surface area contributed by atoms with E-state index in [1.807, 2.05) is 6.07 Å². The molecule has 0 radical (unpaired) electrons. The van der Waals surface area contributed by atoms with Crippen LogP contribution in [0, 0.1) is 0 Å². The summed E-state index contributed by atoms with van der Waals surface area (Å²) in [5.74, 6) is 0. The lowest BCUT2D eigenvalue weighted by atomic mass is 9.96. The second-order valence-corrected chi connectivity index (χ2v) is 6.28. The first-order chi connectivity index (χ1) is 8.54. The number of nitrogens with two attached hydrogens (primary N) is 1. The minimum absolute atomic E-state index is 0.0323. The number of morpholine rings is 1. The van der Waals surface area contributed by atoms with Crippen molar-refractivity contribution in [2.75, 3.05) is 26.3 Å². The molecule has 0 aromatic heterocycles. The van der Waals surface area contributed by atoms with Gasteiger partial charge >= 0.3 is 0 Å². The Bertz CT molecular complexity index is 409. The number of rotatable bonds is 3. The van der Waals surface area contributed by atoms with Gasteiger partial charge < -0.3 is 10.5 Å². The second-order valence-electron chi connectivity index (χ2n) is 5.36. The van der Waals surface area contributed by atoms with E-state index in [2.05, 4.69) is 52.9 Å². The Morgan fingerprint density at radius 3 is 2.89 bits per heavy atom. The highest BCUT2D eigenvalue weighted by atomic mass is 79.9. The molecule has 0 bridgehead atoms. The Labute approximate surface area is 117 Å². The quantitative estimate of drug-likeness (QED) is 0.932. The molecule has 100 valence electrons. The number of hydrogen-bond donors (Lipinski definition) is 1. The first-order valence-electron chi connectivity index (χ1n) is 6.34. The Kier molecular flexibility index (Phi) is 4.43. The van der Waals surface area contributed by atoms with Crippen molar-refractivity contribution in [3.8, 4) is 0 Å². The topological polar surface area (TPSA) is 38.5 Å². The van der Waals surface area contributed by atoms with Crippen LogP contribution in [0.5, 0.6) is 0 Å². The lowest BCUT2D eigenvalue weighted by Crippen LogP contribution is -2.55. The number of hydrogen-bond acceptors (Lipinski definition) is 3. The van der Waals surface area contributed by atoms with Gasteiger partial charge in [-0.25, -0.2) is 0 Å². The molecule has 1 fully saturated rings. The fourth-order valence-corrected chi connectivity index (χ4v) is 3.02. The summed E-state index contributed by atoms with van der Waals surface area (Å²) in [5, 5.41) is 0. The molecular formula is C14H21BrN2O. The maximum absolute atomic E-state index is 6.01. The van der Waals surface area contributed by atoms with E-state index in [1.165, 1.54) is 5.56 Å². The van der Waals surface area contributed by atoms with Gasteiger partial charge in [-0.05, 0) is 31.5 Å². The molecule has 0 saturated carbocycles. The summed E-state index contributed by atoms with van der Waals surface area (Å²) in [6.45, 7) is 7.53. The van der Waals surface area contributed by atoms with Gasteiger partial charge in [0.2, 0.25) is 0 Å². The Balaban J connectivity index is 2.27. The van der Waals surface area contributed by atoms with Crippen molar-refractivity contribution in [2.24, 2.45) is 5.73 Å². The van der Waals surface area contributed by atoms with Crippen LogP contribution in [0.4, 0.5) is 0 Å². The van der Waals surface area contributed by atoms with Gasteiger partial charge in [-0.1, -0.05) is 28.1 Å². The summed E-state index contributed by atoms with van der Waals surface area (Å²) in [6.07, 6.45) is 0. The average molecular weight is 313 g/mol. The van der Waals surface area contributed by atoms with Crippen molar-refractivity contribution < 1.29 is 4.74 Å². The van der Waals surface area contributed by atoms with Crippen molar-refractivity contribution in [2.45, 2.75) is 25.4 Å². The van der Waals surface area contributed by atoms with E-state index in [-0.39, 0.29) is 11.6 Å². The van der Waals surface area contributed by atoms with Crippen LogP contribution in [-0.4, -0.2) is 36.7 Å². The minimum Gasteiger partial charge on any atom is -0.378 e. The van der Waals surface area contributed by atoms with Gasteiger partial charge in [-0.3, -0.25) is 4.90 Å². The van der Waals surface area contributed by atoms with Gasteiger partial charge in [0, 0.05) is 29.1 Å². The van der Waals surface area contributed by atoms with Crippen molar-refractivity contribution >= 4 is 15.9 Å². The second kappa shape index (κ2) is 5.70. The number of halogens is 1. The standard InChI is InChI=1S/C14H21BrN2O/c1-14(2)10-18-7-6-17(14)13(9-16)11-4-3-5-12(15)8-11/h3-5,8,13H,6-7,9-10,16H2,1-2H3. The van der Waals surface area contributed by atoms with E-state index in [0.717, 1.165) is 24.2 Å². The molecular weight excluding hydrogens is 292 g/mol. The molecule has 0 amide bonds. The molecule has 1 aromatic rings. The third kappa shape index (κ3) is 2.94. The molecule has 4 heteroatoms. The summed E-state index contributed by atoms with van der Waals surface area (Å²) in [7, 11) is 0. The smallest absolute Gasteiger partial charge is 0.0645 e. The number of benzene rings is 1. The zero-order valence-electron chi connectivity index (χ0n) is 11.0. The molecule has 1 aliphatic rings. The Morgan fingerprint density at radius 2 is 2.28 bits per heavy atom. The van der Waals surface area contributed by atoms with Crippen LogP contribution in [0.3, 0.4) is 0 Å². The molecule has 1 unspecified atom stereocenters. The zero-order chi connectivity index (χ0) is 13.2. The first kappa shape index (κ1) is 14.0. The molecule has 1 heterocycles. The van der Waals surface area contributed by atoms with Crippen LogP contribution >= 0.6 is 15.9 Å². The molecule has 2 rings (SSSR count). The van der Waals surface area contributed by atoms with Crippen molar-refractivity contribution in [1.29, 1.82) is 0 Å². The van der Waals surface area contributed by atoms with E-state index in [9.17, 15) is 0 Å². The maximum Gasteiger partial charge on any atom is 0.0645 e. The minimum atomic E-state index is 0.0323. The van der Waals surface area contributed by atoms with Gasteiger partial charge in [0.05, 0.1) is 13.2 Å². The predicted molar refractivity (Wildman–Crippen MR) is 77.5 cm³/mol. The molecule has 0 spiro atoms. The van der Waals surface area contributed by atoms with E-state index < -0.39 is 0 Å². The Morgan fingerprint density at radius 1 is 1.50 bits per heavy atom. The summed E-state index contributed by atoms with van der Waals surface area (Å²) in [4.78, 5) is 2.46. The normalized spacial score (nSPS) is 21.8. The average Bonchev–Trinajstić information content (AvgIpc) is 2.32. The molecule has 0 aliphatic carbocycles. The molecule has 2 N–H and O–H groups in total. The monoisotopic (exact) mass is 312 g/mol. The van der Waals surface area contributed by atoms with Crippen LogP contribution in [0.1, 0.15) is 25.5 Å². The predicted octanol–water partition coefficient (Wildman–Crippen LogP) is 2.56. The van der Waals surface area contributed by atoms with Crippen LogP contribution in [0.2, 0.25) is 0 Å². The van der Waals surface area contributed by atoms with Crippen molar-refractivity contribution in [3.63, 3.8) is 0 Å². The highest BCUT2D eigenvalue weighted by molar-refractivity contribution is 9.10. The fourth-order valence-electron chi connectivity index (χ4n) is 2.61. The van der Waals surface area contributed by atoms with Gasteiger partial charge in [0.25, 0.3) is 0 Å². The van der Waals surface area contributed by atoms with Gasteiger partial charge in [0.1, 0.15) is 0 Å². The van der Waals surface area contributed by atoms with Gasteiger partial charge in [0.15, 0.2) is 0 Å². The number of nitrogens with zero attached hydrogens (tertiary/aromatic N) is 1. The van der Waals surface area contributed by atoms with Crippen LogP contribution < -0.4 is 5.73 Å². The largest absolute Gasteiger partial charge is 0.378 e. The zero-order valence-corrected chi connectivity index (χ0v) is 12.6. The van der Waals surface area contributed by atoms with Crippen LogP contribution in [-0.2, 0) is 4.74 Å². The van der Waals surface area contributed by atoms with Gasteiger partial charge in [-0.15, -0.1) is 0 Å². The third-order valence-corrected chi connectivity index (χ3v) is 4.04. The van der Waals surface area contributed by atoms with Gasteiger partial charge in [-0.2, -0.15) is 0 Å². The highest BCUT2D eigenvalue weighted by Gasteiger charge is 2.35. The van der Waals surface area contributed by atoms with Crippen molar-refractivity contribution in [1.82, 2.24) is 4.90 Å². The maximum atomic E-state index is 6.01. The van der Waals surface area contributed by atoms with Crippen LogP contribution in [0.25, 0.3) is 0 Å². The molecule has 18 heavy (non-hydrogen) atoms. The Hall–Kier alpha value is -0.420. The lowest BCUT2D eigenvalue weighted by Gasteiger charge is -2.46. The highest BCUT2D eigenvalue weighted by Crippen LogP contribution is 2.31. The SMILES string of the molecule is CC1(C)COCCN1C(CN)c1cccc(Br)c1. The molecule has 1 aromatic carbocycles. The summed E-state index contributed by atoms with van der Waals surface area (Å²) < 4.78 is 6.68. The van der Waals surface area contributed by atoms with E-state index in [0.29, 0.717) is 6.54 Å². The van der Waals surface area contributed by atoms with E-state index in [1.54, 1.807) is 0 Å². The fraction of sp³-hybridized carbons (Fsp3) is 0.571. The van der Waals surface area contributed by atoms with E-state index in [4.69, 9.17) is 10.5 Å². The van der Waals surface area contributed by atoms with E-state index >= 15 is 0 Å². The summed E-state index contributed by atoms with van der Waals surface area (Å²) in [5.41, 5.74) is 7.31. The molecule has 3 nitrogen and oxygen atoms in total. The third-order valence-electron chi connectivity index (χ3n) is 3.54. The summed E-state index contributed by atoms with van der Waals surface area (Å²) in [6, 6.07) is 8.66. The molecule has 1 aliphatic heterocycles. The summed E-state index contributed by atoms with van der Waals surface area (Å²) >= 11 is 3.53. The first-order valence-corrected chi connectivity index (χ1v) is 7.14. The molecule has 1 atom stereocenters. The molecule has 1 saturated heterocycles. The van der Waals surface area contributed by atoms with Crippen molar-refractivity contribution in [3.05, 3.63) is 34.3 Å².